The summed E-state index contributed by atoms with van der Waals surface area (Å²) in [7, 11) is 0. The maximum Gasteiger partial charge on any atom is 0.232 e. The van der Waals surface area contributed by atoms with Gasteiger partial charge in [-0.15, -0.1) is 0 Å². The molecular weight excluding hydrogens is 310 g/mol. The number of nitrogens with one attached hydrogen (secondary N) is 3. The third-order valence-electron chi connectivity index (χ3n) is 3.08. The maximum absolute atomic E-state index is 11.1. The van der Waals surface area contributed by atoms with Crippen molar-refractivity contribution in [3.63, 3.8) is 0 Å². The van der Waals surface area contributed by atoms with Crippen LogP contribution in [-0.2, 0) is 9.59 Å². The first-order valence-corrected chi connectivity index (χ1v) is 7.02. The molecule has 1 heterocycles. The second kappa shape index (κ2) is 7.19. The Hall–Kier alpha value is -2.19. The normalized spacial score (nSPS) is 19.8. The fourth-order valence-electron chi connectivity index (χ4n) is 2.13. The number of aromatic nitrogens is 2. The summed E-state index contributed by atoms with van der Waals surface area (Å²) in [5, 5.41) is 17.1. The fraction of sp³-hybridized carbons (Fsp3) is 0.385. The average Bonchev–Trinajstić information content (AvgIpc) is 2.89. The van der Waals surface area contributed by atoms with E-state index in [4.69, 9.17) is 16.7 Å². The van der Waals surface area contributed by atoms with E-state index in [1.165, 1.54) is 6.92 Å². The van der Waals surface area contributed by atoms with Crippen molar-refractivity contribution in [2.45, 2.75) is 19.4 Å². The van der Waals surface area contributed by atoms with Crippen LogP contribution in [0, 0.1) is 5.92 Å². The molecule has 0 radical (unpaired) electrons. The number of anilines is 3. The second-order valence-electron chi connectivity index (χ2n) is 4.82. The molecule has 1 aliphatic rings. The minimum atomic E-state index is -0.334. The number of halogens is 1. The highest BCUT2D eigenvalue weighted by Gasteiger charge is 2.21. The third kappa shape index (κ3) is 3.92. The zero-order chi connectivity index (χ0) is 16.1. The molecule has 8 nitrogen and oxygen atoms in total. The molecule has 0 fully saturated rings. The van der Waals surface area contributed by atoms with Crippen LogP contribution >= 0.6 is 11.6 Å². The number of carbonyl (C=O) groups is 2. The molecule has 118 valence electrons. The summed E-state index contributed by atoms with van der Waals surface area (Å²) in [6.45, 7) is 1.39. The van der Waals surface area contributed by atoms with Crippen molar-refractivity contribution in [3.05, 3.63) is 17.3 Å². The fourth-order valence-corrected chi connectivity index (χ4v) is 2.35. The summed E-state index contributed by atoms with van der Waals surface area (Å²) in [4.78, 5) is 29.9. The second-order valence-corrected chi connectivity index (χ2v) is 5.18. The minimum absolute atomic E-state index is 0.00837. The molecule has 4 N–H and O–H groups in total. The first-order valence-electron chi connectivity index (χ1n) is 6.64. The van der Waals surface area contributed by atoms with Crippen molar-refractivity contribution in [1.82, 2.24) is 9.97 Å². The van der Waals surface area contributed by atoms with E-state index >= 15 is 0 Å². The number of rotatable bonds is 6. The molecule has 0 aromatic carbocycles. The molecule has 1 aliphatic carbocycles. The van der Waals surface area contributed by atoms with Crippen LogP contribution in [0.25, 0.3) is 0 Å². The Morgan fingerprint density at radius 1 is 1.50 bits per heavy atom. The Kier molecular flexibility index (Phi) is 5.29. The highest BCUT2D eigenvalue weighted by atomic mass is 35.5. The first-order chi connectivity index (χ1) is 10.5. The lowest BCUT2D eigenvalue weighted by Gasteiger charge is -2.17. The molecule has 0 bridgehead atoms. The molecule has 0 spiro atoms. The molecule has 1 aromatic heterocycles. The van der Waals surface area contributed by atoms with E-state index in [0.29, 0.717) is 18.6 Å². The summed E-state index contributed by atoms with van der Waals surface area (Å²) in [6.07, 6.45) is 4.96. The highest BCUT2D eigenvalue weighted by Crippen LogP contribution is 2.30. The largest absolute Gasteiger partial charge is 0.396 e. The number of hydrogen-bond acceptors (Lipinski definition) is 6. The van der Waals surface area contributed by atoms with Crippen molar-refractivity contribution in [2.24, 2.45) is 5.92 Å². The predicted octanol–water partition coefficient (Wildman–Crippen LogP) is 1.01. The zero-order valence-electron chi connectivity index (χ0n) is 11.8. The number of aliphatic hydroxyl groups is 1. The van der Waals surface area contributed by atoms with Gasteiger partial charge in [-0.1, -0.05) is 23.8 Å². The zero-order valence-corrected chi connectivity index (χ0v) is 12.6. The van der Waals surface area contributed by atoms with Crippen molar-refractivity contribution in [3.8, 4) is 0 Å². The van der Waals surface area contributed by atoms with Gasteiger partial charge >= 0.3 is 0 Å². The molecule has 2 rings (SSSR count). The van der Waals surface area contributed by atoms with Gasteiger partial charge in [-0.05, 0) is 6.42 Å². The molecule has 2 atom stereocenters. The van der Waals surface area contributed by atoms with Gasteiger partial charge in [0, 0.05) is 25.5 Å². The number of hydrogen-bond donors (Lipinski definition) is 4. The van der Waals surface area contributed by atoms with Crippen LogP contribution in [0.3, 0.4) is 0 Å². The van der Waals surface area contributed by atoms with E-state index in [-0.39, 0.29) is 41.3 Å². The van der Waals surface area contributed by atoms with Gasteiger partial charge in [-0.2, -0.15) is 9.97 Å². The predicted molar refractivity (Wildman–Crippen MR) is 82.8 cm³/mol. The molecule has 2 amide bonds. The van der Waals surface area contributed by atoms with Gasteiger partial charge in [0.05, 0.1) is 0 Å². The van der Waals surface area contributed by atoms with Crippen molar-refractivity contribution < 1.29 is 14.7 Å². The SMILES string of the molecule is CC(=O)Nc1nc(Cl)c(NC=O)c(N[C@H]2C=C[C@@H](CO)C2)n1. The van der Waals surface area contributed by atoms with Gasteiger partial charge < -0.3 is 15.7 Å². The van der Waals surface area contributed by atoms with Crippen LogP contribution in [0.15, 0.2) is 12.2 Å². The van der Waals surface area contributed by atoms with Crippen LogP contribution in [0.2, 0.25) is 5.15 Å². The summed E-state index contributed by atoms with van der Waals surface area (Å²) in [5.41, 5.74) is 0.228. The Morgan fingerprint density at radius 3 is 2.86 bits per heavy atom. The molecular formula is C13H16ClN5O3. The monoisotopic (exact) mass is 325 g/mol. The maximum atomic E-state index is 11.1. The molecule has 0 aliphatic heterocycles. The standard InChI is InChI=1S/C13H16ClN5O3/c1-7(22)16-13-18-11(14)10(15-6-21)12(19-13)17-9-3-2-8(4-9)5-20/h2-3,6,8-9,20H,4-5H2,1H3,(H,15,21)(H2,16,17,18,19,22)/t8-,9+/m1/s1. The van der Waals surface area contributed by atoms with E-state index in [1.807, 2.05) is 12.2 Å². The van der Waals surface area contributed by atoms with Gasteiger partial charge in [0.15, 0.2) is 11.0 Å². The van der Waals surface area contributed by atoms with Gasteiger partial charge in [0.1, 0.15) is 5.69 Å². The first kappa shape index (κ1) is 16.2. The van der Waals surface area contributed by atoms with Crippen LogP contribution in [0.5, 0.6) is 0 Å². The van der Waals surface area contributed by atoms with Crippen molar-refractivity contribution in [1.29, 1.82) is 0 Å². The summed E-state index contributed by atoms with van der Waals surface area (Å²) in [6, 6.07) is -0.0690. The smallest absolute Gasteiger partial charge is 0.232 e. The van der Waals surface area contributed by atoms with Crippen molar-refractivity contribution >= 4 is 41.4 Å². The third-order valence-corrected chi connectivity index (χ3v) is 3.36. The molecule has 9 heteroatoms. The van der Waals surface area contributed by atoms with Gasteiger partial charge in [-0.3, -0.25) is 14.9 Å². The number of nitrogens with zero attached hydrogens (tertiary/aromatic N) is 2. The van der Waals surface area contributed by atoms with Crippen molar-refractivity contribution in [2.75, 3.05) is 22.6 Å². The number of amides is 2. The van der Waals surface area contributed by atoms with Crippen LogP contribution < -0.4 is 16.0 Å². The lowest BCUT2D eigenvalue weighted by Crippen LogP contribution is -2.20. The van der Waals surface area contributed by atoms with E-state index < -0.39 is 0 Å². The highest BCUT2D eigenvalue weighted by molar-refractivity contribution is 6.33. The number of aliphatic hydroxyl groups excluding tert-OH is 1. The van der Waals surface area contributed by atoms with Gasteiger partial charge in [-0.25, -0.2) is 0 Å². The van der Waals surface area contributed by atoms with Gasteiger partial charge in [0.25, 0.3) is 0 Å². The van der Waals surface area contributed by atoms with Gasteiger partial charge in [0.2, 0.25) is 18.3 Å². The van der Waals surface area contributed by atoms with E-state index in [2.05, 4.69) is 25.9 Å². The average molecular weight is 326 g/mol. The van der Waals surface area contributed by atoms with Crippen LogP contribution in [-0.4, -0.2) is 40.0 Å². The Labute approximate surface area is 132 Å². The summed E-state index contributed by atoms with van der Waals surface area (Å²) in [5.74, 6) is 0.0764. The molecule has 0 unspecified atom stereocenters. The molecule has 0 saturated heterocycles. The van der Waals surface area contributed by atoms with E-state index in [1.54, 1.807) is 0 Å². The summed E-state index contributed by atoms with van der Waals surface area (Å²) < 4.78 is 0. The number of carbonyl (C=O) groups excluding carboxylic acids is 2. The van der Waals surface area contributed by atoms with E-state index in [0.717, 1.165) is 0 Å². The minimum Gasteiger partial charge on any atom is -0.396 e. The Balaban J connectivity index is 2.26. The van der Waals surface area contributed by atoms with E-state index in [9.17, 15) is 9.59 Å². The van der Waals surface area contributed by atoms with Crippen LogP contribution in [0.4, 0.5) is 17.5 Å². The molecule has 1 aromatic rings. The quantitative estimate of drug-likeness (QED) is 0.352. The summed E-state index contributed by atoms with van der Waals surface area (Å²) >= 11 is 6.02. The molecule has 22 heavy (non-hydrogen) atoms. The Morgan fingerprint density at radius 2 is 2.27 bits per heavy atom. The topological polar surface area (TPSA) is 116 Å². The Bertz CT molecular complexity index is 608. The molecule has 0 saturated carbocycles. The lowest BCUT2D eigenvalue weighted by atomic mass is 10.1. The lowest BCUT2D eigenvalue weighted by molar-refractivity contribution is -0.114. The van der Waals surface area contributed by atoms with Crippen LogP contribution in [0.1, 0.15) is 13.3 Å².